The third-order valence-electron chi connectivity index (χ3n) is 3.52. The second-order valence-corrected chi connectivity index (χ2v) is 6.16. The molecule has 1 atom stereocenters. The monoisotopic (exact) mass is 284 g/mol. The number of nitrogens with one attached hydrogen (secondary N) is 1. The van der Waals surface area contributed by atoms with Crippen LogP contribution in [0.5, 0.6) is 0 Å². The molecule has 0 aromatic heterocycles. The Morgan fingerprint density at radius 3 is 2.95 bits per heavy atom. The summed E-state index contributed by atoms with van der Waals surface area (Å²) >= 11 is 6.11. The van der Waals surface area contributed by atoms with Crippen LogP contribution < -0.4 is 10.2 Å². The molecule has 1 aliphatic rings. The fraction of sp³-hybridized carbons (Fsp3) is 0.600. The molecule has 1 heterocycles. The Labute approximate surface area is 119 Å². The van der Waals surface area contributed by atoms with Gasteiger partial charge in [0.25, 0.3) is 0 Å². The van der Waals surface area contributed by atoms with Gasteiger partial charge < -0.3 is 10.2 Å². The Hall–Kier alpha value is -0.800. The van der Waals surface area contributed by atoms with Crippen molar-refractivity contribution in [1.29, 1.82) is 0 Å². The lowest BCUT2D eigenvalue weighted by Crippen LogP contribution is -2.28. The second kappa shape index (κ2) is 6.58. The maximum atomic E-state index is 13.0. The van der Waals surface area contributed by atoms with Gasteiger partial charge in [-0.1, -0.05) is 25.4 Å². The SMILES string of the molecule is CC(C)CNCC1CCN(c2ccc(F)cc2Cl)C1. The summed E-state index contributed by atoms with van der Waals surface area (Å²) in [5, 5.41) is 4.01. The first-order chi connectivity index (χ1) is 9.06. The van der Waals surface area contributed by atoms with Crippen LogP contribution in [0.2, 0.25) is 5.02 Å². The van der Waals surface area contributed by atoms with Crippen molar-refractivity contribution in [2.24, 2.45) is 11.8 Å². The molecule has 2 nitrogen and oxygen atoms in total. The first-order valence-corrected chi connectivity index (χ1v) is 7.34. The summed E-state index contributed by atoms with van der Waals surface area (Å²) < 4.78 is 13.0. The molecule has 19 heavy (non-hydrogen) atoms. The molecular formula is C15H22ClFN2. The lowest BCUT2D eigenvalue weighted by molar-refractivity contribution is 0.477. The fourth-order valence-electron chi connectivity index (χ4n) is 2.53. The van der Waals surface area contributed by atoms with Gasteiger partial charge >= 0.3 is 0 Å². The van der Waals surface area contributed by atoms with E-state index < -0.39 is 0 Å². The summed E-state index contributed by atoms with van der Waals surface area (Å²) in [6.45, 7) is 8.54. The smallest absolute Gasteiger partial charge is 0.124 e. The summed E-state index contributed by atoms with van der Waals surface area (Å²) in [6, 6.07) is 4.65. The first kappa shape index (κ1) is 14.6. The van der Waals surface area contributed by atoms with E-state index in [-0.39, 0.29) is 5.82 Å². The van der Waals surface area contributed by atoms with Gasteiger partial charge in [-0.05, 0) is 49.5 Å². The topological polar surface area (TPSA) is 15.3 Å². The normalized spacial score (nSPS) is 19.4. The minimum Gasteiger partial charge on any atom is -0.370 e. The fourth-order valence-corrected chi connectivity index (χ4v) is 2.82. The summed E-state index contributed by atoms with van der Waals surface area (Å²) in [5.74, 6) is 1.06. The lowest BCUT2D eigenvalue weighted by Gasteiger charge is -2.20. The van der Waals surface area contributed by atoms with Crippen molar-refractivity contribution < 1.29 is 4.39 Å². The van der Waals surface area contributed by atoms with Gasteiger partial charge in [-0.2, -0.15) is 0 Å². The van der Waals surface area contributed by atoms with Gasteiger partial charge in [-0.25, -0.2) is 4.39 Å². The molecule has 0 amide bonds. The summed E-state index contributed by atoms with van der Waals surface area (Å²) in [7, 11) is 0. The van der Waals surface area contributed by atoms with Gasteiger partial charge in [0.05, 0.1) is 10.7 Å². The van der Waals surface area contributed by atoms with E-state index in [9.17, 15) is 4.39 Å². The molecule has 2 rings (SSSR count). The van der Waals surface area contributed by atoms with Crippen LogP contribution in [0.4, 0.5) is 10.1 Å². The zero-order valence-electron chi connectivity index (χ0n) is 11.6. The maximum Gasteiger partial charge on any atom is 0.124 e. The molecule has 0 spiro atoms. The highest BCUT2D eigenvalue weighted by molar-refractivity contribution is 6.33. The molecule has 106 valence electrons. The zero-order valence-corrected chi connectivity index (χ0v) is 12.4. The molecule has 0 saturated carbocycles. The van der Waals surface area contributed by atoms with Crippen molar-refractivity contribution in [3.05, 3.63) is 29.0 Å². The highest BCUT2D eigenvalue weighted by Gasteiger charge is 2.23. The van der Waals surface area contributed by atoms with E-state index in [1.54, 1.807) is 6.07 Å². The number of hydrogen-bond donors (Lipinski definition) is 1. The second-order valence-electron chi connectivity index (χ2n) is 5.75. The Morgan fingerprint density at radius 1 is 1.47 bits per heavy atom. The maximum absolute atomic E-state index is 13.0. The van der Waals surface area contributed by atoms with Crippen LogP contribution in [0, 0.1) is 17.7 Å². The van der Waals surface area contributed by atoms with Crippen molar-refractivity contribution in [3.8, 4) is 0 Å². The van der Waals surface area contributed by atoms with Gasteiger partial charge in [0.1, 0.15) is 5.82 Å². The quantitative estimate of drug-likeness (QED) is 0.889. The van der Waals surface area contributed by atoms with Gasteiger partial charge in [0.2, 0.25) is 0 Å². The lowest BCUT2D eigenvalue weighted by atomic mass is 10.1. The zero-order chi connectivity index (χ0) is 13.8. The van der Waals surface area contributed by atoms with Crippen LogP contribution in [0.15, 0.2) is 18.2 Å². The van der Waals surface area contributed by atoms with E-state index in [4.69, 9.17) is 11.6 Å². The predicted octanol–water partition coefficient (Wildman–Crippen LogP) is 3.55. The molecule has 1 aromatic rings. The van der Waals surface area contributed by atoms with Crippen LogP contribution >= 0.6 is 11.6 Å². The largest absolute Gasteiger partial charge is 0.370 e. The summed E-state index contributed by atoms with van der Waals surface area (Å²) in [4.78, 5) is 2.25. The van der Waals surface area contributed by atoms with Gasteiger partial charge in [-0.3, -0.25) is 0 Å². The Morgan fingerprint density at radius 2 is 2.26 bits per heavy atom. The molecule has 1 aliphatic heterocycles. The van der Waals surface area contributed by atoms with Crippen molar-refractivity contribution in [2.45, 2.75) is 20.3 Å². The number of hydrogen-bond acceptors (Lipinski definition) is 2. The van der Waals surface area contributed by atoms with Crippen LogP contribution in [-0.2, 0) is 0 Å². The summed E-state index contributed by atoms with van der Waals surface area (Å²) in [5.41, 5.74) is 0.953. The number of nitrogens with zero attached hydrogens (tertiary/aromatic N) is 1. The van der Waals surface area contributed by atoms with Crippen molar-refractivity contribution in [1.82, 2.24) is 5.32 Å². The third-order valence-corrected chi connectivity index (χ3v) is 3.82. The molecule has 1 N–H and O–H groups in total. The van der Waals surface area contributed by atoms with E-state index in [0.717, 1.165) is 31.9 Å². The highest BCUT2D eigenvalue weighted by Crippen LogP contribution is 2.30. The standard InChI is InChI=1S/C15H22ClFN2/c1-11(2)8-18-9-12-5-6-19(10-12)15-4-3-13(17)7-14(15)16/h3-4,7,11-12,18H,5-6,8-10H2,1-2H3. The molecule has 4 heteroatoms. The Bertz CT molecular complexity index is 423. The Kier molecular flexibility index (Phi) is 5.06. The molecule has 1 aromatic carbocycles. The Balaban J connectivity index is 1.87. The highest BCUT2D eigenvalue weighted by atomic mass is 35.5. The number of rotatable bonds is 5. The van der Waals surface area contributed by atoms with E-state index in [2.05, 4.69) is 24.1 Å². The van der Waals surface area contributed by atoms with E-state index in [1.807, 2.05) is 0 Å². The number of anilines is 1. The predicted molar refractivity (Wildman–Crippen MR) is 79.4 cm³/mol. The van der Waals surface area contributed by atoms with Crippen molar-refractivity contribution in [2.75, 3.05) is 31.1 Å². The van der Waals surface area contributed by atoms with E-state index >= 15 is 0 Å². The average molecular weight is 285 g/mol. The van der Waals surface area contributed by atoms with Crippen LogP contribution in [0.1, 0.15) is 20.3 Å². The summed E-state index contributed by atoms with van der Waals surface area (Å²) in [6.07, 6.45) is 1.17. The van der Waals surface area contributed by atoms with Crippen LogP contribution in [0.25, 0.3) is 0 Å². The first-order valence-electron chi connectivity index (χ1n) is 6.97. The van der Waals surface area contributed by atoms with E-state index in [0.29, 0.717) is 16.9 Å². The van der Waals surface area contributed by atoms with Crippen LogP contribution in [0.3, 0.4) is 0 Å². The molecular weight excluding hydrogens is 263 g/mol. The molecule has 1 saturated heterocycles. The average Bonchev–Trinajstić information content (AvgIpc) is 2.77. The van der Waals surface area contributed by atoms with Gasteiger partial charge in [0.15, 0.2) is 0 Å². The van der Waals surface area contributed by atoms with Gasteiger partial charge in [-0.15, -0.1) is 0 Å². The van der Waals surface area contributed by atoms with Gasteiger partial charge in [0, 0.05) is 13.1 Å². The minimum atomic E-state index is -0.275. The minimum absolute atomic E-state index is 0.275. The number of benzene rings is 1. The molecule has 0 aliphatic carbocycles. The van der Waals surface area contributed by atoms with Crippen molar-refractivity contribution in [3.63, 3.8) is 0 Å². The molecule has 0 bridgehead atoms. The molecule has 1 unspecified atom stereocenters. The molecule has 0 radical (unpaired) electrons. The molecule has 1 fully saturated rings. The third kappa shape index (κ3) is 4.08. The van der Waals surface area contributed by atoms with Crippen LogP contribution in [-0.4, -0.2) is 26.2 Å². The number of halogens is 2. The van der Waals surface area contributed by atoms with Crippen molar-refractivity contribution >= 4 is 17.3 Å². The van der Waals surface area contributed by atoms with E-state index in [1.165, 1.54) is 18.6 Å².